The lowest BCUT2D eigenvalue weighted by molar-refractivity contribution is -0.114. The summed E-state index contributed by atoms with van der Waals surface area (Å²) in [5, 5.41) is 9.40. The van der Waals surface area contributed by atoms with Crippen molar-refractivity contribution in [3.05, 3.63) is 39.3 Å². The first-order valence-electron chi connectivity index (χ1n) is 7.32. The van der Waals surface area contributed by atoms with Crippen molar-refractivity contribution in [1.82, 2.24) is 9.47 Å². The van der Waals surface area contributed by atoms with E-state index in [2.05, 4.69) is 4.90 Å². The van der Waals surface area contributed by atoms with E-state index in [0.717, 1.165) is 24.6 Å². The highest BCUT2D eigenvalue weighted by Gasteiger charge is 2.35. The van der Waals surface area contributed by atoms with E-state index in [1.807, 2.05) is 6.92 Å². The van der Waals surface area contributed by atoms with E-state index >= 15 is 0 Å². The number of pyridine rings is 1. The Bertz CT molecular complexity index is 694. The zero-order chi connectivity index (χ0) is 15.9. The summed E-state index contributed by atoms with van der Waals surface area (Å²) in [6.45, 7) is 2.66. The first-order chi connectivity index (χ1) is 10.5. The molecule has 0 bridgehead atoms. The lowest BCUT2D eigenvalue weighted by atomic mass is 10.2. The van der Waals surface area contributed by atoms with Crippen molar-refractivity contribution in [1.29, 1.82) is 0 Å². The minimum Gasteiger partial charge on any atom is -0.508 e. The molecule has 1 atom stereocenters. The SMILES string of the molecule is CC1=C(C(N)=O)SC(n2ccc(O)cc2=O)N1CCC1CC1. The molecule has 2 aliphatic rings. The van der Waals surface area contributed by atoms with Gasteiger partial charge in [-0.3, -0.25) is 14.2 Å². The van der Waals surface area contributed by atoms with Crippen LogP contribution in [0.25, 0.3) is 0 Å². The van der Waals surface area contributed by atoms with E-state index < -0.39 is 5.91 Å². The van der Waals surface area contributed by atoms with Crippen LogP contribution in [0.4, 0.5) is 0 Å². The quantitative estimate of drug-likeness (QED) is 0.859. The molecule has 1 unspecified atom stereocenters. The Hall–Kier alpha value is -1.89. The third kappa shape index (κ3) is 2.85. The summed E-state index contributed by atoms with van der Waals surface area (Å²) >= 11 is 1.29. The average Bonchev–Trinajstić information content (AvgIpc) is 3.21. The van der Waals surface area contributed by atoms with Gasteiger partial charge in [-0.25, -0.2) is 0 Å². The van der Waals surface area contributed by atoms with Gasteiger partial charge in [-0.05, 0) is 25.3 Å². The van der Waals surface area contributed by atoms with Crippen molar-refractivity contribution in [2.45, 2.75) is 31.7 Å². The summed E-state index contributed by atoms with van der Waals surface area (Å²) in [4.78, 5) is 26.3. The third-order valence-corrected chi connectivity index (χ3v) is 5.54. The molecular weight excluding hydrogens is 302 g/mol. The predicted molar refractivity (Wildman–Crippen MR) is 84.9 cm³/mol. The summed E-state index contributed by atoms with van der Waals surface area (Å²) in [6.07, 6.45) is 5.12. The number of hydrogen-bond acceptors (Lipinski definition) is 5. The highest BCUT2D eigenvalue weighted by atomic mass is 32.2. The van der Waals surface area contributed by atoms with Crippen LogP contribution in [0.15, 0.2) is 33.7 Å². The Balaban J connectivity index is 1.90. The van der Waals surface area contributed by atoms with Crippen LogP contribution < -0.4 is 11.3 Å². The number of allylic oxidation sites excluding steroid dienone is 1. The fourth-order valence-corrected chi connectivity index (χ4v) is 3.96. The number of nitrogens with two attached hydrogens (primary N) is 1. The van der Waals surface area contributed by atoms with Crippen molar-refractivity contribution in [3.63, 3.8) is 0 Å². The maximum Gasteiger partial charge on any atom is 0.257 e. The molecular formula is C15H19N3O3S. The number of primary amides is 1. The first kappa shape index (κ1) is 15.0. The molecule has 118 valence electrons. The van der Waals surface area contributed by atoms with E-state index in [-0.39, 0.29) is 16.8 Å². The van der Waals surface area contributed by atoms with Crippen molar-refractivity contribution in [2.75, 3.05) is 6.54 Å². The first-order valence-corrected chi connectivity index (χ1v) is 8.20. The number of carbonyl (C=O) groups is 1. The molecule has 3 N–H and O–H groups in total. The van der Waals surface area contributed by atoms with Gasteiger partial charge in [0, 0.05) is 24.5 Å². The molecule has 0 radical (unpaired) electrons. The maximum atomic E-state index is 12.1. The molecule has 1 fully saturated rings. The van der Waals surface area contributed by atoms with Gasteiger partial charge in [-0.15, -0.1) is 0 Å². The van der Waals surface area contributed by atoms with Gasteiger partial charge in [0.05, 0.1) is 4.91 Å². The number of thioether (sulfide) groups is 1. The standard InChI is InChI=1S/C15H19N3O3S/c1-9-13(14(16)21)22-15(17(9)6-4-10-2-3-10)18-7-5-11(19)8-12(18)20/h5,7-8,10,15,19H,2-4,6H2,1H3,(H2,16,21). The van der Waals surface area contributed by atoms with Crippen LogP contribution in [0.3, 0.4) is 0 Å². The van der Waals surface area contributed by atoms with Gasteiger partial charge in [0.2, 0.25) is 0 Å². The largest absolute Gasteiger partial charge is 0.508 e. The minimum atomic E-state index is -0.465. The summed E-state index contributed by atoms with van der Waals surface area (Å²) in [6, 6.07) is 2.65. The predicted octanol–water partition coefficient (Wildman–Crippen LogP) is 1.58. The number of nitrogens with zero attached hydrogens (tertiary/aromatic N) is 2. The fraction of sp³-hybridized carbons (Fsp3) is 0.467. The Morgan fingerprint density at radius 3 is 2.82 bits per heavy atom. The van der Waals surface area contributed by atoms with E-state index in [4.69, 9.17) is 5.73 Å². The van der Waals surface area contributed by atoms with Crippen molar-refractivity contribution in [2.24, 2.45) is 11.7 Å². The van der Waals surface area contributed by atoms with Gasteiger partial charge in [0.15, 0.2) is 5.50 Å². The van der Waals surface area contributed by atoms with Crippen LogP contribution in [-0.4, -0.2) is 27.0 Å². The minimum absolute atomic E-state index is 0.0615. The van der Waals surface area contributed by atoms with Crippen molar-refractivity contribution >= 4 is 17.7 Å². The highest BCUT2D eigenvalue weighted by Crippen LogP contribution is 2.45. The summed E-state index contributed by atoms with van der Waals surface area (Å²) < 4.78 is 1.52. The molecule has 3 rings (SSSR count). The van der Waals surface area contributed by atoms with E-state index in [1.54, 1.807) is 6.20 Å². The molecule has 1 aliphatic carbocycles. The van der Waals surface area contributed by atoms with Gasteiger partial charge < -0.3 is 15.7 Å². The van der Waals surface area contributed by atoms with Crippen LogP contribution in [0.2, 0.25) is 0 Å². The summed E-state index contributed by atoms with van der Waals surface area (Å²) in [5.74, 6) is 0.231. The van der Waals surface area contributed by atoms with Gasteiger partial charge in [0.25, 0.3) is 11.5 Å². The monoisotopic (exact) mass is 321 g/mol. The van der Waals surface area contributed by atoms with Gasteiger partial charge >= 0.3 is 0 Å². The summed E-state index contributed by atoms with van der Waals surface area (Å²) in [5.41, 5.74) is 5.65. The molecule has 0 spiro atoms. The number of hydrogen-bond donors (Lipinski definition) is 2. The van der Waals surface area contributed by atoms with Crippen LogP contribution in [0.5, 0.6) is 5.75 Å². The maximum absolute atomic E-state index is 12.1. The number of carbonyl (C=O) groups excluding carboxylic acids is 1. The highest BCUT2D eigenvalue weighted by molar-refractivity contribution is 8.04. The molecule has 1 saturated carbocycles. The van der Waals surface area contributed by atoms with Crippen molar-refractivity contribution < 1.29 is 9.90 Å². The molecule has 6 nitrogen and oxygen atoms in total. The number of aromatic hydroxyl groups is 1. The Morgan fingerprint density at radius 2 is 2.23 bits per heavy atom. The normalized spacial score (nSPS) is 21.5. The van der Waals surface area contributed by atoms with E-state index in [1.165, 1.54) is 41.3 Å². The molecule has 22 heavy (non-hydrogen) atoms. The molecule has 1 aromatic rings. The Labute approximate surface area is 132 Å². The molecule has 2 heterocycles. The smallest absolute Gasteiger partial charge is 0.257 e. The Kier molecular flexibility index (Phi) is 3.90. The number of aromatic nitrogens is 1. The number of rotatable bonds is 5. The molecule has 1 aromatic heterocycles. The second-order valence-electron chi connectivity index (χ2n) is 5.78. The molecule has 0 saturated heterocycles. The van der Waals surface area contributed by atoms with Crippen LogP contribution >= 0.6 is 11.8 Å². The van der Waals surface area contributed by atoms with E-state index in [0.29, 0.717) is 4.91 Å². The van der Waals surface area contributed by atoms with Crippen LogP contribution in [-0.2, 0) is 4.79 Å². The molecule has 1 amide bonds. The second-order valence-corrected chi connectivity index (χ2v) is 6.84. The third-order valence-electron chi connectivity index (χ3n) is 4.12. The average molecular weight is 321 g/mol. The zero-order valence-corrected chi connectivity index (χ0v) is 13.2. The number of amides is 1. The molecule has 1 aliphatic heterocycles. The van der Waals surface area contributed by atoms with Gasteiger partial charge in [0.1, 0.15) is 5.75 Å². The van der Waals surface area contributed by atoms with Gasteiger partial charge in [-0.2, -0.15) is 0 Å². The topological polar surface area (TPSA) is 88.6 Å². The fourth-order valence-electron chi connectivity index (χ4n) is 2.66. The van der Waals surface area contributed by atoms with Gasteiger partial charge in [-0.1, -0.05) is 24.6 Å². The van der Waals surface area contributed by atoms with Crippen LogP contribution in [0, 0.1) is 5.92 Å². The summed E-state index contributed by atoms with van der Waals surface area (Å²) in [7, 11) is 0. The molecule has 0 aromatic carbocycles. The van der Waals surface area contributed by atoms with E-state index in [9.17, 15) is 14.7 Å². The lowest BCUT2D eigenvalue weighted by Gasteiger charge is -2.28. The molecule has 7 heteroatoms. The second kappa shape index (κ2) is 5.72. The Morgan fingerprint density at radius 1 is 1.50 bits per heavy atom. The van der Waals surface area contributed by atoms with Crippen molar-refractivity contribution in [3.8, 4) is 5.75 Å². The zero-order valence-electron chi connectivity index (χ0n) is 12.4. The lowest BCUT2D eigenvalue weighted by Crippen LogP contribution is -2.32. The van der Waals surface area contributed by atoms with Crippen LogP contribution in [0.1, 0.15) is 31.7 Å².